The van der Waals surface area contributed by atoms with Crippen LogP contribution in [0.3, 0.4) is 0 Å². The second-order valence-corrected chi connectivity index (χ2v) is 1.78. The van der Waals surface area contributed by atoms with Crippen molar-refractivity contribution in [3.63, 3.8) is 0 Å². The molecule has 0 spiro atoms. The van der Waals surface area contributed by atoms with E-state index >= 15 is 0 Å². The molecule has 1 aliphatic carbocycles. The topological polar surface area (TPSA) is 0 Å². The zero-order valence-electron chi connectivity index (χ0n) is 4.07. The molecule has 0 aromatic rings. The molecule has 6 heavy (non-hydrogen) atoms. The molecule has 0 aliphatic heterocycles. The summed E-state index contributed by atoms with van der Waals surface area (Å²) in [6, 6.07) is 0. The first kappa shape index (κ1) is 3.91. The van der Waals surface area contributed by atoms with Gasteiger partial charge in [0.15, 0.2) is 0 Å². The van der Waals surface area contributed by atoms with Gasteiger partial charge in [-0.25, -0.2) is 0 Å². The molecule has 1 aliphatic rings. The maximum absolute atomic E-state index is 2.29. The lowest BCUT2D eigenvalue weighted by molar-refractivity contribution is 1.15. The summed E-state index contributed by atoms with van der Waals surface area (Å²) in [5.41, 5.74) is 1.52. The molecular weight excluding hydrogens is 72.1 g/mol. The molecule has 0 aromatic carbocycles. The highest BCUT2D eigenvalue weighted by Gasteiger charge is 1.95. The van der Waals surface area contributed by atoms with Crippen LogP contribution in [-0.4, -0.2) is 0 Å². The maximum Gasteiger partial charge on any atom is -0.0289 e. The normalized spacial score (nSPS) is 21.2. The Morgan fingerprint density at radius 2 is 2.50 bits per heavy atom. The largest absolute Gasteiger partial charge is 0.0853 e. The van der Waals surface area contributed by atoms with Crippen molar-refractivity contribution in [1.82, 2.24) is 0 Å². The molecule has 0 saturated carbocycles. The smallest absolute Gasteiger partial charge is 0.0289 e. The summed E-state index contributed by atoms with van der Waals surface area (Å²) in [5, 5.41) is 0. The Hall–Kier alpha value is -0.260. The third-order valence-electron chi connectivity index (χ3n) is 1.10. The van der Waals surface area contributed by atoms with Crippen molar-refractivity contribution in [2.75, 3.05) is 0 Å². The predicted molar refractivity (Wildman–Crippen MR) is 27.3 cm³/mol. The Labute approximate surface area is 38.9 Å². The Morgan fingerprint density at radius 3 is 2.67 bits per heavy atom. The van der Waals surface area contributed by atoms with E-state index in [1.807, 2.05) is 0 Å². The SMILES string of the molecule is CC1=CC[CH]C1. The van der Waals surface area contributed by atoms with Crippen LogP contribution >= 0.6 is 0 Å². The van der Waals surface area contributed by atoms with Gasteiger partial charge in [0.2, 0.25) is 0 Å². The van der Waals surface area contributed by atoms with E-state index in [9.17, 15) is 0 Å². The standard InChI is InChI=1S/C6H9/c1-6-4-2-3-5-6/h2,5H,3-4H2,1H3. The summed E-state index contributed by atoms with van der Waals surface area (Å²) in [4.78, 5) is 0. The van der Waals surface area contributed by atoms with Crippen molar-refractivity contribution < 1.29 is 0 Å². The van der Waals surface area contributed by atoms with Crippen LogP contribution in [0.5, 0.6) is 0 Å². The lowest BCUT2D eigenvalue weighted by atomic mass is 10.3. The van der Waals surface area contributed by atoms with Crippen LogP contribution in [0.2, 0.25) is 0 Å². The van der Waals surface area contributed by atoms with Crippen molar-refractivity contribution in [3.8, 4) is 0 Å². The van der Waals surface area contributed by atoms with Crippen molar-refractivity contribution in [3.05, 3.63) is 18.1 Å². The van der Waals surface area contributed by atoms with E-state index < -0.39 is 0 Å². The van der Waals surface area contributed by atoms with E-state index in [0.29, 0.717) is 0 Å². The minimum absolute atomic E-state index is 1.20. The summed E-state index contributed by atoms with van der Waals surface area (Å²) in [5.74, 6) is 0. The third-order valence-corrected chi connectivity index (χ3v) is 1.10. The zero-order valence-corrected chi connectivity index (χ0v) is 4.07. The Balaban J connectivity index is 2.45. The van der Waals surface area contributed by atoms with Crippen LogP contribution in [0.4, 0.5) is 0 Å². The highest BCUT2D eigenvalue weighted by Crippen LogP contribution is 2.14. The quantitative estimate of drug-likeness (QED) is 0.391. The molecule has 0 amide bonds. The fourth-order valence-corrected chi connectivity index (χ4v) is 0.679. The second-order valence-electron chi connectivity index (χ2n) is 1.78. The van der Waals surface area contributed by atoms with Crippen LogP contribution in [0.25, 0.3) is 0 Å². The van der Waals surface area contributed by atoms with Crippen molar-refractivity contribution >= 4 is 0 Å². The van der Waals surface area contributed by atoms with E-state index in [1.54, 1.807) is 0 Å². The van der Waals surface area contributed by atoms with Gasteiger partial charge >= 0.3 is 0 Å². The first-order valence-corrected chi connectivity index (χ1v) is 2.37. The number of hydrogen-bond acceptors (Lipinski definition) is 0. The highest BCUT2D eigenvalue weighted by molar-refractivity contribution is 5.10. The molecule has 0 heteroatoms. The van der Waals surface area contributed by atoms with Crippen LogP contribution in [-0.2, 0) is 0 Å². The van der Waals surface area contributed by atoms with Gasteiger partial charge in [0, 0.05) is 0 Å². The van der Waals surface area contributed by atoms with E-state index in [4.69, 9.17) is 0 Å². The number of rotatable bonds is 0. The predicted octanol–water partition coefficient (Wildman–Crippen LogP) is 1.93. The molecule has 0 saturated heterocycles. The summed E-state index contributed by atoms with van der Waals surface area (Å²) in [7, 11) is 0. The molecule has 1 rings (SSSR count). The van der Waals surface area contributed by atoms with E-state index in [0.717, 1.165) is 0 Å². The van der Waals surface area contributed by atoms with Gasteiger partial charge < -0.3 is 0 Å². The summed E-state index contributed by atoms with van der Waals surface area (Å²) < 4.78 is 0. The zero-order chi connectivity index (χ0) is 4.41. The first-order valence-electron chi connectivity index (χ1n) is 2.37. The Kier molecular flexibility index (Phi) is 0.952. The molecule has 0 N–H and O–H groups in total. The van der Waals surface area contributed by atoms with Gasteiger partial charge in [0.05, 0.1) is 0 Å². The van der Waals surface area contributed by atoms with Gasteiger partial charge in [0.1, 0.15) is 0 Å². The molecule has 0 aromatic heterocycles. The summed E-state index contributed by atoms with van der Waals surface area (Å²) in [6.45, 7) is 2.17. The first-order chi connectivity index (χ1) is 2.89. The second kappa shape index (κ2) is 1.46. The van der Waals surface area contributed by atoms with Crippen LogP contribution in [0, 0.1) is 6.42 Å². The van der Waals surface area contributed by atoms with E-state index in [1.165, 1.54) is 18.4 Å². The third kappa shape index (κ3) is 0.618. The van der Waals surface area contributed by atoms with Crippen molar-refractivity contribution in [1.29, 1.82) is 0 Å². The van der Waals surface area contributed by atoms with Gasteiger partial charge in [-0.15, -0.1) is 0 Å². The van der Waals surface area contributed by atoms with Gasteiger partial charge in [-0.2, -0.15) is 0 Å². The average molecular weight is 81.1 g/mol. The van der Waals surface area contributed by atoms with E-state index in [2.05, 4.69) is 19.4 Å². The molecule has 0 bridgehead atoms. The minimum atomic E-state index is 1.20. The molecule has 0 nitrogen and oxygen atoms in total. The van der Waals surface area contributed by atoms with Crippen LogP contribution < -0.4 is 0 Å². The summed E-state index contributed by atoms with van der Waals surface area (Å²) >= 11 is 0. The molecule has 0 atom stereocenters. The van der Waals surface area contributed by atoms with Crippen molar-refractivity contribution in [2.45, 2.75) is 19.8 Å². The highest BCUT2D eigenvalue weighted by atomic mass is 14.0. The van der Waals surface area contributed by atoms with E-state index in [-0.39, 0.29) is 0 Å². The van der Waals surface area contributed by atoms with Gasteiger partial charge in [-0.05, 0) is 26.2 Å². The molecule has 33 valence electrons. The van der Waals surface area contributed by atoms with Crippen LogP contribution in [0.1, 0.15) is 19.8 Å². The van der Waals surface area contributed by atoms with Gasteiger partial charge in [-0.1, -0.05) is 11.6 Å². The molecule has 1 radical (unpaired) electrons. The minimum Gasteiger partial charge on any atom is -0.0853 e. The van der Waals surface area contributed by atoms with Gasteiger partial charge in [-0.3, -0.25) is 0 Å². The molecule has 0 unspecified atom stereocenters. The number of hydrogen-bond donors (Lipinski definition) is 0. The fourth-order valence-electron chi connectivity index (χ4n) is 0.679. The average Bonchev–Trinajstić information content (AvgIpc) is 1.86. The lowest BCUT2D eigenvalue weighted by Crippen LogP contribution is -1.61. The Bertz CT molecular complexity index is 70.1. The van der Waals surface area contributed by atoms with Gasteiger partial charge in [0.25, 0.3) is 0 Å². The number of allylic oxidation sites excluding steroid dienone is 2. The van der Waals surface area contributed by atoms with Crippen molar-refractivity contribution in [2.24, 2.45) is 0 Å². The fraction of sp³-hybridized carbons (Fsp3) is 0.500. The molecule has 0 heterocycles. The molecule has 0 fully saturated rings. The summed E-state index contributed by atoms with van der Waals surface area (Å²) in [6.07, 6.45) is 6.97. The lowest BCUT2D eigenvalue weighted by Gasteiger charge is -1.79. The molecular formula is C6H9. The maximum atomic E-state index is 2.29. The van der Waals surface area contributed by atoms with Crippen LogP contribution in [0.15, 0.2) is 11.6 Å². The monoisotopic (exact) mass is 81.1 g/mol. The Morgan fingerprint density at radius 1 is 1.67 bits per heavy atom.